The van der Waals surface area contributed by atoms with Crippen molar-refractivity contribution in [3.63, 3.8) is 0 Å². The first kappa shape index (κ1) is 18.4. The predicted octanol–water partition coefficient (Wildman–Crippen LogP) is 3.10. The summed E-state index contributed by atoms with van der Waals surface area (Å²) in [7, 11) is -3.37. The zero-order valence-corrected chi connectivity index (χ0v) is 14.0. The van der Waals surface area contributed by atoms with Gasteiger partial charge in [0.2, 0.25) is 15.8 Å². The van der Waals surface area contributed by atoms with Crippen LogP contribution in [0, 0.1) is 0 Å². The minimum atomic E-state index is -4.70. The third-order valence-corrected chi connectivity index (χ3v) is 4.92. The van der Waals surface area contributed by atoms with Crippen LogP contribution in [0.1, 0.15) is 31.3 Å². The van der Waals surface area contributed by atoms with Crippen molar-refractivity contribution in [1.82, 2.24) is 14.4 Å². The van der Waals surface area contributed by atoms with Crippen molar-refractivity contribution in [2.24, 2.45) is 0 Å². The first-order valence-corrected chi connectivity index (χ1v) is 8.87. The molecule has 0 amide bonds. The summed E-state index contributed by atoms with van der Waals surface area (Å²) in [4.78, 5) is 3.31. The monoisotopic (exact) mass is 363 g/mol. The Hall–Kier alpha value is -1.94. The smallest absolute Gasteiger partial charge is 0.329 e. The van der Waals surface area contributed by atoms with Crippen molar-refractivity contribution in [2.75, 3.05) is 12.8 Å². The van der Waals surface area contributed by atoms with Crippen LogP contribution < -0.4 is 0 Å². The molecule has 1 aromatic carbocycles. The Morgan fingerprint density at radius 1 is 1.25 bits per heavy atom. The number of nitrogens with zero attached hydrogens (tertiary/aromatic N) is 3. The van der Waals surface area contributed by atoms with Gasteiger partial charge in [0, 0.05) is 18.2 Å². The average Bonchev–Trinajstić information content (AvgIpc) is 2.96. The quantitative estimate of drug-likeness (QED) is 0.816. The molecule has 1 atom stereocenters. The summed E-state index contributed by atoms with van der Waals surface area (Å²) in [5.41, 5.74) is 1.04. The molecule has 1 heterocycles. The molecule has 24 heavy (non-hydrogen) atoms. The number of hydrogen-bond acceptors (Lipinski definition) is 5. The molecular weight excluding hydrogens is 347 g/mol. The highest BCUT2D eigenvalue weighted by molar-refractivity contribution is 7.88. The number of rotatable bonds is 5. The molecule has 2 rings (SSSR count). The van der Waals surface area contributed by atoms with Crippen LogP contribution in [-0.4, -0.2) is 35.7 Å². The van der Waals surface area contributed by atoms with E-state index in [0.717, 1.165) is 6.26 Å². The summed E-state index contributed by atoms with van der Waals surface area (Å²) >= 11 is 0. The maximum Gasteiger partial charge on any atom is 0.471 e. The zero-order chi connectivity index (χ0) is 18.1. The van der Waals surface area contributed by atoms with Gasteiger partial charge >= 0.3 is 12.1 Å². The molecule has 1 aromatic heterocycles. The number of halogens is 3. The number of benzene rings is 1. The van der Waals surface area contributed by atoms with Crippen LogP contribution in [0.2, 0.25) is 0 Å². The molecule has 2 aromatic rings. The van der Waals surface area contributed by atoms with E-state index in [1.807, 2.05) is 0 Å². The SMILES string of the molecule is CCN(C(C)c1ccc(-c2noc(C(F)(F)F)n2)cc1)S(C)(=O)=O. The molecule has 0 spiro atoms. The van der Waals surface area contributed by atoms with Crippen LogP contribution in [-0.2, 0) is 16.2 Å². The number of hydrogen-bond donors (Lipinski definition) is 0. The van der Waals surface area contributed by atoms with Gasteiger partial charge in [-0.2, -0.15) is 22.5 Å². The second kappa shape index (κ2) is 6.52. The second-order valence-electron chi connectivity index (χ2n) is 5.19. The Morgan fingerprint density at radius 2 is 1.83 bits per heavy atom. The zero-order valence-electron chi connectivity index (χ0n) is 13.2. The highest BCUT2D eigenvalue weighted by atomic mass is 32.2. The van der Waals surface area contributed by atoms with E-state index in [1.54, 1.807) is 26.0 Å². The van der Waals surface area contributed by atoms with Crippen molar-refractivity contribution in [2.45, 2.75) is 26.1 Å². The number of sulfonamides is 1. The van der Waals surface area contributed by atoms with Crippen molar-refractivity contribution < 1.29 is 26.1 Å². The lowest BCUT2D eigenvalue weighted by atomic mass is 10.1. The molecule has 10 heteroatoms. The van der Waals surface area contributed by atoms with Gasteiger partial charge in [0.1, 0.15) is 0 Å². The van der Waals surface area contributed by atoms with Crippen LogP contribution in [0.5, 0.6) is 0 Å². The Bertz CT molecular complexity index is 801. The van der Waals surface area contributed by atoms with Crippen molar-refractivity contribution in [1.29, 1.82) is 0 Å². The number of aromatic nitrogens is 2. The van der Waals surface area contributed by atoms with Gasteiger partial charge in [-0.25, -0.2) is 8.42 Å². The van der Waals surface area contributed by atoms with Crippen LogP contribution in [0.25, 0.3) is 11.4 Å². The maximum absolute atomic E-state index is 12.5. The van der Waals surface area contributed by atoms with E-state index in [1.165, 1.54) is 16.4 Å². The first-order chi connectivity index (χ1) is 11.0. The lowest BCUT2D eigenvalue weighted by molar-refractivity contribution is -0.159. The molecule has 132 valence electrons. The summed E-state index contributed by atoms with van der Waals surface area (Å²) in [6, 6.07) is 5.88. The first-order valence-electron chi connectivity index (χ1n) is 7.02. The van der Waals surface area contributed by atoms with E-state index < -0.39 is 28.1 Å². The Kier molecular flexibility index (Phi) is 5.00. The molecule has 0 fully saturated rings. The van der Waals surface area contributed by atoms with E-state index in [4.69, 9.17) is 0 Å². The van der Waals surface area contributed by atoms with Crippen LogP contribution in [0.4, 0.5) is 13.2 Å². The summed E-state index contributed by atoms with van der Waals surface area (Å²) in [5.74, 6) is -1.60. The summed E-state index contributed by atoms with van der Waals surface area (Å²) in [6.45, 7) is 3.76. The molecule has 0 aliphatic carbocycles. The van der Waals surface area contributed by atoms with Gasteiger partial charge in [0.05, 0.1) is 6.26 Å². The third-order valence-electron chi connectivity index (χ3n) is 3.49. The second-order valence-corrected chi connectivity index (χ2v) is 7.12. The molecule has 0 saturated heterocycles. The molecule has 0 bridgehead atoms. The summed E-state index contributed by atoms with van der Waals surface area (Å²) in [6.07, 6.45) is -3.57. The normalized spacial score (nSPS) is 14.1. The minimum absolute atomic E-state index is 0.183. The van der Waals surface area contributed by atoms with E-state index >= 15 is 0 Å². The molecule has 6 nitrogen and oxygen atoms in total. The van der Waals surface area contributed by atoms with E-state index in [9.17, 15) is 21.6 Å². The fourth-order valence-corrected chi connectivity index (χ4v) is 3.49. The fraction of sp³-hybridized carbons (Fsp3) is 0.429. The van der Waals surface area contributed by atoms with E-state index in [0.29, 0.717) is 17.7 Å². The molecule has 0 radical (unpaired) electrons. The minimum Gasteiger partial charge on any atom is -0.329 e. The molecule has 1 unspecified atom stereocenters. The fourth-order valence-electron chi connectivity index (χ4n) is 2.33. The lowest BCUT2D eigenvalue weighted by Gasteiger charge is -2.25. The molecule has 0 aliphatic rings. The summed E-state index contributed by atoms with van der Waals surface area (Å²) in [5, 5.41) is 3.31. The molecule has 0 N–H and O–H groups in total. The Labute approximate surface area is 137 Å². The highest BCUT2D eigenvalue weighted by Crippen LogP contribution is 2.30. The molecule has 0 aliphatic heterocycles. The van der Waals surface area contributed by atoms with E-state index in [2.05, 4.69) is 14.7 Å². The highest BCUT2D eigenvalue weighted by Gasteiger charge is 2.38. The van der Waals surface area contributed by atoms with Crippen molar-refractivity contribution >= 4 is 10.0 Å². The van der Waals surface area contributed by atoms with E-state index in [-0.39, 0.29) is 5.82 Å². The van der Waals surface area contributed by atoms with Crippen LogP contribution in [0.15, 0.2) is 28.8 Å². The van der Waals surface area contributed by atoms with Gasteiger partial charge in [-0.1, -0.05) is 36.3 Å². The predicted molar refractivity (Wildman–Crippen MR) is 80.4 cm³/mol. The van der Waals surface area contributed by atoms with Gasteiger partial charge in [0.15, 0.2) is 0 Å². The standard InChI is InChI=1S/C14H16F3N3O3S/c1-4-20(24(3,21)22)9(2)10-5-7-11(8-6-10)12-18-13(23-19-12)14(15,16)17/h5-9H,4H2,1-3H3. The lowest BCUT2D eigenvalue weighted by Crippen LogP contribution is -2.32. The van der Waals surface area contributed by atoms with Crippen molar-refractivity contribution in [3.05, 3.63) is 35.7 Å². The summed E-state index contributed by atoms with van der Waals surface area (Å²) < 4.78 is 66.4. The van der Waals surface area contributed by atoms with Crippen LogP contribution >= 0.6 is 0 Å². The maximum atomic E-state index is 12.5. The Morgan fingerprint density at radius 3 is 2.25 bits per heavy atom. The van der Waals surface area contributed by atoms with Gasteiger partial charge in [0.25, 0.3) is 0 Å². The van der Waals surface area contributed by atoms with Crippen LogP contribution in [0.3, 0.4) is 0 Å². The Balaban J connectivity index is 2.26. The topological polar surface area (TPSA) is 76.3 Å². The number of alkyl halides is 3. The van der Waals surface area contributed by atoms with Gasteiger partial charge in [-0.05, 0) is 12.5 Å². The molecule has 0 saturated carbocycles. The van der Waals surface area contributed by atoms with Gasteiger partial charge in [-0.3, -0.25) is 0 Å². The average molecular weight is 363 g/mol. The van der Waals surface area contributed by atoms with Gasteiger partial charge < -0.3 is 4.52 Å². The third kappa shape index (κ3) is 3.93. The van der Waals surface area contributed by atoms with Gasteiger partial charge in [-0.15, -0.1) is 0 Å². The van der Waals surface area contributed by atoms with Crippen molar-refractivity contribution in [3.8, 4) is 11.4 Å². The molecular formula is C14H16F3N3O3S. The largest absolute Gasteiger partial charge is 0.471 e.